The third-order valence-electron chi connectivity index (χ3n) is 5.93. The highest BCUT2D eigenvalue weighted by Crippen LogP contribution is 2.32. The fourth-order valence-corrected chi connectivity index (χ4v) is 4.26. The first-order valence-corrected chi connectivity index (χ1v) is 9.37. The van der Waals surface area contributed by atoms with Crippen LogP contribution in [0.2, 0.25) is 0 Å². The zero-order valence-corrected chi connectivity index (χ0v) is 15.8. The molecule has 1 aromatic carbocycles. The molecule has 3 aromatic rings. The molecule has 25 heavy (non-hydrogen) atoms. The molecule has 0 saturated heterocycles. The molecule has 0 amide bonds. The lowest BCUT2D eigenvalue weighted by Gasteiger charge is -2.16. The second-order valence-corrected chi connectivity index (χ2v) is 7.32. The zero-order valence-electron chi connectivity index (χ0n) is 15.8. The van der Waals surface area contributed by atoms with Crippen molar-refractivity contribution in [3.63, 3.8) is 0 Å². The van der Waals surface area contributed by atoms with Crippen LogP contribution in [0.25, 0.3) is 10.9 Å². The molecule has 3 heterocycles. The number of hydrogen-bond donors (Lipinski definition) is 1. The molecule has 0 unspecified atom stereocenters. The monoisotopic (exact) mass is 336 g/mol. The lowest BCUT2D eigenvalue weighted by molar-refractivity contribution is 0.614. The summed E-state index contributed by atoms with van der Waals surface area (Å²) in [5.41, 5.74) is 8.35. The summed E-state index contributed by atoms with van der Waals surface area (Å²) in [6.07, 6.45) is 3.55. The maximum atomic E-state index is 4.66. The number of nitrogens with one attached hydrogen (secondary N) is 1. The van der Waals surface area contributed by atoms with Crippen molar-refractivity contribution in [1.82, 2.24) is 19.4 Å². The zero-order chi connectivity index (χ0) is 17.6. The van der Waals surface area contributed by atoms with Crippen molar-refractivity contribution in [2.24, 2.45) is 7.05 Å². The lowest BCUT2D eigenvalue weighted by Crippen LogP contribution is -2.19. The third kappa shape index (κ3) is 2.69. The van der Waals surface area contributed by atoms with Gasteiger partial charge < -0.3 is 14.5 Å². The maximum absolute atomic E-state index is 4.66. The molecule has 1 aliphatic heterocycles. The summed E-state index contributed by atoms with van der Waals surface area (Å²) in [7, 11) is 2.10. The minimum Gasteiger partial charge on any atom is -0.344 e. The Kier molecular flexibility index (Phi) is 4.16. The van der Waals surface area contributed by atoms with E-state index in [1.54, 1.807) is 0 Å². The Morgan fingerprint density at radius 3 is 2.76 bits per heavy atom. The normalized spacial score (nSPS) is 13.8. The van der Waals surface area contributed by atoms with Gasteiger partial charge in [0.05, 0.1) is 17.8 Å². The quantitative estimate of drug-likeness (QED) is 0.723. The number of benzene rings is 1. The first kappa shape index (κ1) is 16.4. The van der Waals surface area contributed by atoms with Crippen LogP contribution in [0.4, 0.5) is 0 Å². The van der Waals surface area contributed by atoms with E-state index < -0.39 is 0 Å². The van der Waals surface area contributed by atoms with Crippen LogP contribution in [0, 0.1) is 20.8 Å². The number of hydrogen-bond acceptors (Lipinski definition) is 2. The van der Waals surface area contributed by atoms with Crippen molar-refractivity contribution in [3.8, 4) is 0 Å². The predicted octanol–water partition coefficient (Wildman–Crippen LogP) is 3.58. The Labute approximate surface area is 149 Å². The van der Waals surface area contributed by atoms with E-state index in [2.05, 4.69) is 65.5 Å². The molecular formula is C21H28N4. The highest BCUT2D eigenvalue weighted by atomic mass is 15.1. The summed E-state index contributed by atoms with van der Waals surface area (Å²) in [4.78, 5) is 4.66. The molecule has 132 valence electrons. The first-order chi connectivity index (χ1) is 12.1. The van der Waals surface area contributed by atoms with Crippen LogP contribution in [-0.2, 0) is 33.0 Å². The molecular weight excluding hydrogens is 308 g/mol. The minimum atomic E-state index is 0.827. The number of para-hydroxylation sites is 1. The van der Waals surface area contributed by atoms with Gasteiger partial charge in [0, 0.05) is 30.4 Å². The summed E-state index contributed by atoms with van der Waals surface area (Å²) < 4.78 is 4.73. The molecule has 4 rings (SSSR count). The fraction of sp³-hybridized carbons (Fsp3) is 0.476. The summed E-state index contributed by atoms with van der Waals surface area (Å²) in [6.45, 7) is 9.47. The largest absolute Gasteiger partial charge is 0.344 e. The number of aryl methyl sites for hydroxylation is 3. The van der Waals surface area contributed by atoms with Crippen molar-refractivity contribution < 1.29 is 0 Å². The number of imidazole rings is 1. The van der Waals surface area contributed by atoms with Gasteiger partial charge in [-0.25, -0.2) is 4.98 Å². The highest BCUT2D eigenvalue weighted by molar-refractivity contribution is 5.88. The first-order valence-electron chi connectivity index (χ1n) is 9.37. The number of nitrogens with zero attached hydrogens (tertiary/aromatic N) is 3. The molecule has 1 N–H and O–H groups in total. The molecule has 0 atom stereocenters. The molecule has 1 aliphatic rings. The molecule has 0 radical (unpaired) electrons. The van der Waals surface area contributed by atoms with Gasteiger partial charge in [-0.3, -0.25) is 0 Å². The van der Waals surface area contributed by atoms with Crippen LogP contribution in [0.1, 0.15) is 40.5 Å². The van der Waals surface area contributed by atoms with E-state index in [9.17, 15) is 0 Å². The Balaban J connectivity index is 1.50. The SMILES string of the molecule is Cc1nc(CNCCc2c(C)n3c4c(cccc24)CCC3)n(C)c1C. The Morgan fingerprint density at radius 1 is 1.16 bits per heavy atom. The van der Waals surface area contributed by atoms with Gasteiger partial charge in [0.25, 0.3) is 0 Å². The van der Waals surface area contributed by atoms with Crippen LogP contribution in [0.15, 0.2) is 18.2 Å². The van der Waals surface area contributed by atoms with Crippen molar-refractivity contribution in [3.05, 3.63) is 52.2 Å². The standard InChI is InChI=1S/C21H28N4/c1-14-15(2)24(4)20(23-14)13-22-11-10-18-16(3)25-12-6-8-17-7-5-9-19(18)21(17)25/h5,7,9,22H,6,8,10-13H2,1-4H3. The summed E-state index contributed by atoms with van der Waals surface area (Å²) in [5.74, 6) is 1.12. The van der Waals surface area contributed by atoms with Crippen LogP contribution >= 0.6 is 0 Å². The summed E-state index contributed by atoms with van der Waals surface area (Å²) in [5, 5.41) is 5.05. The van der Waals surface area contributed by atoms with Crippen molar-refractivity contribution in [2.75, 3.05) is 6.54 Å². The van der Waals surface area contributed by atoms with Gasteiger partial charge in [-0.05, 0) is 57.7 Å². The van der Waals surface area contributed by atoms with E-state index in [4.69, 9.17) is 0 Å². The van der Waals surface area contributed by atoms with E-state index in [0.29, 0.717) is 0 Å². The minimum absolute atomic E-state index is 0.827. The average molecular weight is 336 g/mol. The Bertz CT molecular complexity index is 929. The second-order valence-electron chi connectivity index (χ2n) is 7.32. The lowest BCUT2D eigenvalue weighted by atomic mass is 10.0. The van der Waals surface area contributed by atoms with Gasteiger partial charge in [-0.1, -0.05) is 18.2 Å². The van der Waals surface area contributed by atoms with Crippen molar-refractivity contribution in [2.45, 2.75) is 53.1 Å². The third-order valence-corrected chi connectivity index (χ3v) is 5.93. The second kappa shape index (κ2) is 6.34. The smallest absolute Gasteiger partial charge is 0.122 e. The topological polar surface area (TPSA) is 34.8 Å². The van der Waals surface area contributed by atoms with Crippen LogP contribution in [0.5, 0.6) is 0 Å². The van der Waals surface area contributed by atoms with E-state index in [0.717, 1.165) is 31.0 Å². The highest BCUT2D eigenvalue weighted by Gasteiger charge is 2.19. The van der Waals surface area contributed by atoms with E-state index in [1.807, 2.05) is 0 Å². The van der Waals surface area contributed by atoms with Gasteiger partial charge in [0.15, 0.2) is 0 Å². The molecule has 4 nitrogen and oxygen atoms in total. The van der Waals surface area contributed by atoms with Gasteiger partial charge >= 0.3 is 0 Å². The van der Waals surface area contributed by atoms with Gasteiger partial charge in [-0.15, -0.1) is 0 Å². The number of rotatable bonds is 5. The Hall–Kier alpha value is -2.07. The number of aromatic nitrogens is 3. The van der Waals surface area contributed by atoms with Gasteiger partial charge in [0.1, 0.15) is 5.82 Å². The molecule has 0 saturated carbocycles. The maximum Gasteiger partial charge on any atom is 0.122 e. The van der Waals surface area contributed by atoms with Gasteiger partial charge in [0.2, 0.25) is 0 Å². The van der Waals surface area contributed by atoms with Gasteiger partial charge in [-0.2, -0.15) is 0 Å². The summed E-state index contributed by atoms with van der Waals surface area (Å²) in [6, 6.07) is 6.82. The molecule has 2 aromatic heterocycles. The van der Waals surface area contributed by atoms with E-state index in [-0.39, 0.29) is 0 Å². The molecule has 0 fully saturated rings. The van der Waals surface area contributed by atoms with Crippen molar-refractivity contribution in [1.29, 1.82) is 0 Å². The predicted molar refractivity (Wildman–Crippen MR) is 103 cm³/mol. The van der Waals surface area contributed by atoms with Crippen LogP contribution in [-0.4, -0.2) is 20.7 Å². The average Bonchev–Trinajstić information content (AvgIpc) is 3.03. The molecule has 0 bridgehead atoms. The van der Waals surface area contributed by atoms with E-state index >= 15 is 0 Å². The van der Waals surface area contributed by atoms with Crippen LogP contribution in [0.3, 0.4) is 0 Å². The molecule has 4 heteroatoms. The molecule has 0 spiro atoms. The van der Waals surface area contributed by atoms with E-state index in [1.165, 1.54) is 52.8 Å². The van der Waals surface area contributed by atoms with Crippen molar-refractivity contribution >= 4 is 10.9 Å². The van der Waals surface area contributed by atoms with Crippen LogP contribution < -0.4 is 5.32 Å². The summed E-state index contributed by atoms with van der Waals surface area (Å²) >= 11 is 0. The fourth-order valence-electron chi connectivity index (χ4n) is 4.26. The molecule has 0 aliphatic carbocycles. The Morgan fingerprint density at radius 2 is 2.00 bits per heavy atom.